The molecule has 136 valence electrons. The van der Waals surface area contributed by atoms with Gasteiger partial charge in [0.1, 0.15) is 0 Å². The molecule has 1 aliphatic heterocycles. The summed E-state index contributed by atoms with van der Waals surface area (Å²) < 4.78 is 0. The molecule has 2 atom stereocenters. The summed E-state index contributed by atoms with van der Waals surface area (Å²) in [7, 11) is 0. The van der Waals surface area contributed by atoms with E-state index in [0.29, 0.717) is 18.7 Å². The number of piperazine rings is 1. The highest BCUT2D eigenvalue weighted by atomic mass is 16.4. The molecule has 1 N–H and O–H groups in total. The smallest absolute Gasteiger partial charge is 0.305 e. The lowest BCUT2D eigenvalue weighted by Gasteiger charge is -2.45. The fourth-order valence-electron chi connectivity index (χ4n) is 3.51. The van der Waals surface area contributed by atoms with Crippen LogP contribution in [0.2, 0.25) is 0 Å². The number of hydrogen-bond acceptors (Lipinski definition) is 3. The van der Waals surface area contributed by atoms with E-state index >= 15 is 0 Å². The summed E-state index contributed by atoms with van der Waals surface area (Å²) in [6, 6.07) is 19.0. The van der Waals surface area contributed by atoms with Crippen LogP contribution >= 0.6 is 0 Å². The first-order valence-corrected chi connectivity index (χ1v) is 8.90. The number of aliphatic carboxylic acids is 1. The number of hydrogen-bond donors (Lipinski definition) is 1. The van der Waals surface area contributed by atoms with Crippen molar-refractivity contribution in [2.75, 3.05) is 13.1 Å². The number of carboxylic acid groups (broad SMARTS) is 1. The molecule has 5 nitrogen and oxygen atoms in total. The summed E-state index contributed by atoms with van der Waals surface area (Å²) in [5.74, 6) is -0.974. The minimum absolute atomic E-state index is 0.0451. The quantitative estimate of drug-likeness (QED) is 0.899. The van der Waals surface area contributed by atoms with Crippen molar-refractivity contribution in [1.29, 1.82) is 0 Å². The summed E-state index contributed by atoms with van der Waals surface area (Å²) in [4.78, 5) is 28.3. The maximum absolute atomic E-state index is 12.9. The largest absolute Gasteiger partial charge is 0.481 e. The Bertz CT molecular complexity index is 748. The Morgan fingerprint density at radius 1 is 1.00 bits per heavy atom. The molecule has 2 aromatic carbocycles. The van der Waals surface area contributed by atoms with Crippen LogP contribution in [0.3, 0.4) is 0 Å². The van der Waals surface area contributed by atoms with Crippen molar-refractivity contribution in [2.45, 2.75) is 32.0 Å². The second-order valence-electron chi connectivity index (χ2n) is 6.84. The Morgan fingerprint density at radius 2 is 1.62 bits per heavy atom. The van der Waals surface area contributed by atoms with Gasteiger partial charge >= 0.3 is 5.97 Å². The molecule has 1 heterocycles. The van der Waals surface area contributed by atoms with Crippen LogP contribution in [-0.2, 0) is 11.3 Å². The van der Waals surface area contributed by atoms with Gasteiger partial charge in [0.05, 0.1) is 12.5 Å². The lowest BCUT2D eigenvalue weighted by Crippen LogP contribution is -2.59. The SMILES string of the molecule is C[C@@H]1CN(C(=O)c2ccccc2)[C@@H](CC(=O)O)CN1Cc1ccccc1. The second-order valence-corrected chi connectivity index (χ2v) is 6.84. The predicted octanol–water partition coefficient (Wildman–Crippen LogP) is 2.88. The first-order chi connectivity index (χ1) is 12.5. The Balaban J connectivity index is 1.78. The molecule has 0 saturated carbocycles. The van der Waals surface area contributed by atoms with Crippen molar-refractivity contribution in [2.24, 2.45) is 0 Å². The number of amides is 1. The fraction of sp³-hybridized carbons (Fsp3) is 0.333. The van der Waals surface area contributed by atoms with Gasteiger partial charge in [0.25, 0.3) is 5.91 Å². The van der Waals surface area contributed by atoms with Gasteiger partial charge in [-0.1, -0.05) is 48.5 Å². The van der Waals surface area contributed by atoms with Gasteiger partial charge in [0.2, 0.25) is 0 Å². The highest BCUT2D eigenvalue weighted by Gasteiger charge is 2.35. The Hall–Kier alpha value is -2.66. The first-order valence-electron chi connectivity index (χ1n) is 8.90. The molecule has 0 aromatic heterocycles. The molecule has 3 rings (SSSR count). The molecular formula is C21H24N2O3. The molecule has 1 saturated heterocycles. The zero-order valence-corrected chi connectivity index (χ0v) is 14.9. The number of benzene rings is 2. The third-order valence-electron chi connectivity index (χ3n) is 4.89. The number of rotatable bonds is 5. The van der Waals surface area contributed by atoms with Gasteiger partial charge in [-0.05, 0) is 24.6 Å². The predicted molar refractivity (Wildman–Crippen MR) is 99.8 cm³/mol. The van der Waals surface area contributed by atoms with Gasteiger partial charge in [0.15, 0.2) is 0 Å². The van der Waals surface area contributed by atoms with Crippen LogP contribution in [0.5, 0.6) is 0 Å². The van der Waals surface area contributed by atoms with Gasteiger partial charge in [-0.3, -0.25) is 14.5 Å². The van der Waals surface area contributed by atoms with Crippen LogP contribution in [0, 0.1) is 0 Å². The third-order valence-corrected chi connectivity index (χ3v) is 4.89. The summed E-state index contributed by atoms with van der Waals surface area (Å²) >= 11 is 0. The highest BCUT2D eigenvalue weighted by molar-refractivity contribution is 5.94. The monoisotopic (exact) mass is 352 g/mol. The molecule has 2 aromatic rings. The fourth-order valence-corrected chi connectivity index (χ4v) is 3.51. The molecule has 26 heavy (non-hydrogen) atoms. The molecule has 0 spiro atoms. The van der Waals surface area contributed by atoms with Crippen LogP contribution in [0.4, 0.5) is 0 Å². The van der Waals surface area contributed by atoms with E-state index in [9.17, 15) is 14.7 Å². The van der Waals surface area contributed by atoms with Crippen molar-refractivity contribution < 1.29 is 14.7 Å². The normalized spacial score (nSPS) is 20.7. The summed E-state index contributed by atoms with van der Waals surface area (Å²) in [5.41, 5.74) is 1.79. The van der Waals surface area contributed by atoms with Gasteiger partial charge in [0, 0.05) is 31.2 Å². The summed E-state index contributed by atoms with van der Waals surface area (Å²) in [6.45, 7) is 3.93. The number of carbonyl (C=O) groups excluding carboxylic acids is 1. The Morgan fingerprint density at radius 3 is 2.23 bits per heavy atom. The molecule has 1 aliphatic rings. The van der Waals surface area contributed by atoms with E-state index < -0.39 is 5.97 Å². The first kappa shape index (κ1) is 18.1. The van der Waals surface area contributed by atoms with E-state index in [2.05, 4.69) is 24.0 Å². The van der Waals surface area contributed by atoms with Gasteiger partial charge in [-0.2, -0.15) is 0 Å². The zero-order valence-electron chi connectivity index (χ0n) is 14.9. The molecule has 1 amide bonds. The standard InChI is InChI=1S/C21H24N2O3/c1-16-13-23(21(26)18-10-6-3-7-11-18)19(12-20(24)25)15-22(16)14-17-8-4-2-5-9-17/h2-11,16,19H,12-15H2,1H3,(H,24,25)/t16-,19+/m1/s1. The van der Waals surface area contributed by atoms with E-state index in [1.54, 1.807) is 17.0 Å². The summed E-state index contributed by atoms with van der Waals surface area (Å²) in [5, 5.41) is 9.32. The van der Waals surface area contributed by atoms with Gasteiger partial charge < -0.3 is 10.0 Å². The number of carboxylic acids is 1. The van der Waals surface area contributed by atoms with Crippen LogP contribution in [0.1, 0.15) is 29.3 Å². The van der Waals surface area contributed by atoms with E-state index in [-0.39, 0.29) is 24.4 Å². The van der Waals surface area contributed by atoms with Gasteiger partial charge in [-0.15, -0.1) is 0 Å². The Labute approximate surface area is 153 Å². The van der Waals surface area contributed by atoms with Crippen LogP contribution < -0.4 is 0 Å². The third kappa shape index (κ3) is 4.29. The summed E-state index contributed by atoms with van der Waals surface area (Å²) in [6.07, 6.45) is -0.0451. The minimum atomic E-state index is -0.880. The molecule has 0 bridgehead atoms. The average molecular weight is 352 g/mol. The van der Waals surface area contributed by atoms with E-state index in [1.807, 2.05) is 36.4 Å². The van der Waals surface area contributed by atoms with Crippen LogP contribution in [0.15, 0.2) is 60.7 Å². The van der Waals surface area contributed by atoms with Crippen LogP contribution in [-0.4, -0.2) is 52.0 Å². The topological polar surface area (TPSA) is 60.9 Å². The molecule has 0 radical (unpaired) electrons. The van der Waals surface area contributed by atoms with E-state index in [1.165, 1.54) is 5.56 Å². The number of nitrogens with zero attached hydrogens (tertiary/aromatic N) is 2. The van der Waals surface area contributed by atoms with Crippen molar-refractivity contribution in [1.82, 2.24) is 9.80 Å². The molecule has 1 fully saturated rings. The molecule has 5 heteroatoms. The molecule has 0 aliphatic carbocycles. The molecular weight excluding hydrogens is 328 g/mol. The van der Waals surface area contributed by atoms with Crippen molar-refractivity contribution in [3.05, 3.63) is 71.8 Å². The van der Waals surface area contributed by atoms with Crippen LogP contribution in [0.25, 0.3) is 0 Å². The van der Waals surface area contributed by atoms with Crippen molar-refractivity contribution >= 4 is 11.9 Å². The Kier molecular flexibility index (Phi) is 5.68. The minimum Gasteiger partial charge on any atom is -0.481 e. The van der Waals surface area contributed by atoms with Crippen molar-refractivity contribution in [3.8, 4) is 0 Å². The maximum atomic E-state index is 12.9. The van der Waals surface area contributed by atoms with E-state index in [4.69, 9.17) is 0 Å². The lowest BCUT2D eigenvalue weighted by molar-refractivity contribution is -0.139. The number of carbonyl (C=O) groups is 2. The zero-order chi connectivity index (χ0) is 18.5. The van der Waals surface area contributed by atoms with Crippen molar-refractivity contribution in [3.63, 3.8) is 0 Å². The lowest BCUT2D eigenvalue weighted by atomic mass is 10.0. The molecule has 0 unspecified atom stereocenters. The highest BCUT2D eigenvalue weighted by Crippen LogP contribution is 2.22. The van der Waals surface area contributed by atoms with Gasteiger partial charge in [-0.25, -0.2) is 0 Å². The second kappa shape index (κ2) is 8.15. The maximum Gasteiger partial charge on any atom is 0.305 e. The average Bonchev–Trinajstić information content (AvgIpc) is 2.65. The van der Waals surface area contributed by atoms with E-state index in [0.717, 1.165) is 6.54 Å².